The summed E-state index contributed by atoms with van der Waals surface area (Å²) in [5, 5.41) is 5.15. The summed E-state index contributed by atoms with van der Waals surface area (Å²) in [6.07, 6.45) is 8.77. The predicted octanol–water partition coefficient (Wildman–Crippen LogP) is 1.72. The summed E-state index contributed by atoms with van der Waals surface area (Å²) in [6.45, 7) is 0. The lowest BCUT2D eigenvalue weighted by Gasteiger charge is -2.11. The van der Waals surface area contributed by atoms with E-state index in [9.17, 15) is 0 Å². The molecule has 1 aliphatic rings. The van der Waals surface area contributed by atoms with Crippen molar-refractivity contribution < 1.29 is 0 Å². The summed E-state index contributed by atoms with van der Waals surface area (Å²) in [5.74, 6) is 0. The lowest BCUT2D eigenvalue weighted by Crippen LogP contribution is -2.00. The molecule has 2 aromatic rings. The van der Waals surface area contributed by atoms with Crippen molar-refractivity contribution >= 4 is 28.5 Å². The molecule has 2 aromatic heterocycles. The van der Waals surface area contributed by atoms with Gasteiger partial charge in [0.25, 0.3) is 0 Å². The third-order valence-corrected chi connectivity index (χ3v) is 2.07. The van der Waals surface area contributed by atoms with Crippen molar-refractivity contribution in [2.24, 2.45) is 4.99 Å². The second kappa shape index (κ2) is 2.26. The van der Waals surface area contributed by atoms with Gasteiger partial charge in [0.05, 0.1) is 30.1 Å². The Balaban J connectivity index is 2.56. The number of pyridine rings is 2. The van der Waals surface area contributed by atoms with Gasteiger partial charge in [0, 0.05) is 23.2 Å². The van der Waals surface area contributed by atoms with Crippen LogP contribution in [0.2, 0.25) is 0 Å². The Morgan fingerprint density at radius 3 is 2.77 bits per heavy atom. The van der Waals surface area contributed by atoms with Crippen molar-refractivity contribution in [3.63, 3.8) is 0 Å². The van der Waals surface area contributed by atoms with Crippen LogP contribution < -0.4 is 5.32 Å². The molecule has 0 unspecified atom stereocenters. The molecule has 0 spiro atoms. The molecule has 0 fully saturated rings. The summed E-state index contributed by atoms with van der Waals surface area (Å²) in [5.41, 5.74) is 1.89. The molecule has 0 amide bonds. The number of anilines is 1. The molecule has 0 bridgehead atoms. The average molecular weight is 170 g/mol. The van der Waals surface area contributed by atoms with Crippen LogP contribution in [0.3, 0.4) is 0 Å². The van der Waals surface area contributed by atoms with Gasteiger partial charge in [-0.1, -0.05) is 0 Å². The minimum Gasteiger partial charge on any atom is -0.345 e. The predicted molar refractivity (Wildman–Crippen MR) is 51.3 cm³/mol. The molecule has 0 saturated heterocycles. The standard InChI is InChI=1S/C9H6N4/c1-6-2-11-4-8-9(6)7(3-10-1)12-5-13-8/h1-5H,(H,12,13). The highest BCUT2D eigenvalue weighted by atomic mass is 15.0. The van der Waals surface area contributed by atoms with E-state index >= 15 is 0 Å². The second-order valence-corrected chi connectivity index (χ2v) is 2.85. The summed E-state index contributed by atoms with van der Waals surface area (Å²) < 4.78 is 0. The monoisotopic (exact) mass is 170 g/mol. The molecular weight excluding hydrogens is 164 g/mol. The molecule has 0 aromatic carbocycles. The Labute approximate surface area is 74.4 Å². The van der Waals surface area contributed by atoms with Crippen LogP contribution in [-0.4, -0.2) is 16.3 Å². The fraction of sp³-hybridized carbons (Fsp3) is 0. The number of nitrogens with one attached hydrogen (secondary N) is 1. The number of rotatable bonds is 0. The maximum absolute atomic E-state index is 4.18. The summed E-state index contributed by atoms with van der Waals surface area (Å²) >= 11 is 0. The maximum Gasteiger partial charge on any atom is 0.0931 e. The highest BCUT2D eigenvalue weighted by Gasteiger charge is 2.08. The molecule has 3 rings (SSSR count). The number of hydrogen-bond donors (Lipinski definition) is 1. The molecule has 0 radical (unpaired) electrons. The molecule has 62 valence electrons. The van der Waals surface area contributed by atoms with Gasteiger partial charge in [0.1, 0.15) is 0 Å². The van der Waals surface area contributed by atoms with Crippen molar-refractivity contribution in [1.29, 1.82) is 0 Å². The average Bonchev–Trinajstić information content (AvgIpc) is 2.19. The van der Waals surface area contributed by atoms with E-state index in [0.717, 1.165) is 22.1 Å². The van der Waals surface area contributed by atoms with E-state index in [4.69, 9.17) is 0 Å². The van der Waals surface area contributed by atoms with E-state index in [1.165, 1.54) is 0 Å². The molecule has 0 atom stereocenters. The van der Waals surface area contributed by atoms with Gasteiger partial charge in [-0.2, -0.15) is 0 Å². The van der Waals surface area contributed by atoms with Gasteiger partial charge in [0.2, 0.25) is 0 Å². The van der Waals surface area contributed by atoms with Crippen molar-refractivity contribution in [1.82, 2.24) is 9.97 Å². The van der Waals surface area contributed by atoms with Crippen LogP contribution in [0.1, 0.15) is 0 Å². The summed E-state index contributed by atoms with van der Waals surface area (Å²) in [7, 11) is 0. The third kappa shape index (κ3) is 0.823. The first-order valence-electron chi connectivity index (χ1n) is 3.96. The molecule has 0 saturated carbocycles. The largest absolute Gasteiger partial charge is 0.345 e. The lowest BCUT2D eigenvalue weighted by molar-refractivity contribution is 1.30. The van der Waals surface area contributed by atoms with Crippen LogP contribution >= 0.6 is 0 Å². The SMILES string of the molecule is C1=Nc2cncc3cncc(c23)N1. The summed E-state index contributed by atoms with van der Waals surface area (Å²) in [4.78, 5) is 12.4. The van der Waals surface area contributed by atoms with Crippen LogP contribution in [0, 0.1) is 0 Å². The fourth-order valence-electron chi connectivity index (χ4n) is 1.49. The highest BCUT2D eigenvalue weighted by molar-refractivity contribution is 6.07. The van der Waals surface area contributed by atoms with Crippen LogP contribution in [0.15, 0.2) is 29.8 Å². The third-order valence-electron chi connectivity index (χ3n) is 2.07. The quantitative estimate of drug-likeness (QED) is 0.654. The van der Waals surface area contributed by atoms with Crippen molar-refractivity contribution in [2.75, 3.05) is 5.32 Å². The maximum atomic E-state index is 4.18. The molecule has 13 heavy (non-hydrogen) atoms. The van der Waals surface area contributed by atoms with Gasteiger partial charge in [0.15, 0.2) is 0 Å². The Hall–Kier alpha value is -1.97. The van der Waals surface area contributed by atoms with E-state index in [1.807, 2.05) is 0 Å². The van der Waals surface area contributed by atoms with Gasteiger partial charge >= 0.3 is 0 Å². The Morgan fingerprint density at radius 1 is 1.00 bits per heavy atom. The van der Waals surface area contributed by atoms with Gasteiger partial charge in [-0.15, -0.1) is 0 Å². The number of aliphatic imine (C=N–C) groups is 1. The van der Waals surface area contributed by atoms with Gasteiger partial charge < -0.3 is 5.32 Å². The zero-order valence-corrected chi connectivity index (χ0v) is 6.73. The Kier molecular flexibility index (Phi) is 1.14. The van der Waals surface area contributed by atoms with Crippen LogP contribution in [-0.2, 0) is 0 Å². The van der Waals surface area contributed by atoms with Gasteiger partial charge in [-0.05, 0) is 0 Å². The van der Waals surface area contributed by atoms with Crippen molar-refractivity contribution in [3.8, 4) is 0 Å². The van der Waals surface area contributed by atoms with Crippen LogP contribution in [0.5, 0.6) is 0 Å². The zero-order chi connectivity index (χ0) is 8.67. The van der Waals surface area contributed by atoms with Crippen molar-refractivity contribution in [3.05, 3.63) is 24.8 Å². The highest BCUT2D eigenvalue weighted by Crippen LogP contribution is 2.32. The minimum absolute atomic E-state index is 0.897. The molecule has 3 heterocycles. The second-order valence-electron chi connectivity index (χ2n) is 2.85. The van der Waals surface area contributed by atoms with Crippen LogP contribution in [0.25, 0.3) is 10.8 Å². The molecule has 4 nitrogen and oxygen atoms in total. The Morgan fingerprint density at radius 2 is 1.85 bits per heavy atom. The van der Waals surface area contributed by atoms with E-state index in [1.54, 1.807) is 31.1 Å². The van der Waals surface area contributed by atoms with E-state index in [2.05, 4.69) is 20.3 Å². The summed E-state index contributed by atoms with van der Waals surface area (Å²) in [6, 6.07) is 0. The normalized spacial score (nSPS) is 12.9. The van der Waals surface area contributed by atoms with Crippen molar-refractivity contribution in [2.45, 2.75) is 0 Å². The topological polar surface area (TPSA) is 50.2 Å². The number of hydrogen-bond acceptors (Lipinski definition) is 4. The van der Waals surface area contributed by atoms with E-state index in [0.29, 0.717) is 0 Å². The van der Waals surface area contributed by atoms with Gasteiger partial charge in [-0.3, -0.25) is 9.97 Å². The van der Waals surface area contributed by atoms with Crippen LogP contribution in [0.4, 0.5) is 11.4 Å². The zero-order valence-electron chi connectivity index (χ0n) is 6.73. The van der Waals surface area contributed by atoms with E-state index in [-0.39, 0.29) is 0 Å². The first kappa shape index (κ1) is 6.54. The lowest BCUT2D eigenvalue weighted by atomic mass is 10.1. The first-order valence-corrected chi connectivity index (χ1v) is 3.96. The minimum atomic E-state index is 0.897. The van der Waals surface area contributed by atoms with Gasteiger partial charge in [-0.25, -0.2) is 4.99 Å². The number of nitrogens with zero attached hydrogens (tertiary/aromatic N) is 3. The smallest absolute Gasteiger partial charge is 0.0931 e. The Bertz CT molecular complexity index is 499. The number of aromatic nitrogens is 2. The van der Waals surface area contributed by atoms with E-state index < -0.39 is 0 Å². The fourth-order valence-corrected chi connectivity index (χ4v) is 1.49. The molecule has 1 N–H and O–H groups in total. The molecule has 4 heteroatoms. The molecule has 1 aliphatic heterocycles. The molecule has 0 aliphatic carbocycles. The molecular formula is C9H6N4. The first-order chi connectivity index (χ1) is 6.45.